The number of nitrogens with one attached hydrogen (secondary N) is 2. The molecule has 0 bridgehead atoms. The Morgan fingerprint density at radius 2 is 1.91 bits per heavy atom. The minimum absolute atomic E-state index is 0.0537. The van der Waals surface area contributed by atoms with Gasteiger partial charge < -0.3 is 15.5 Å². The summed E-state index contributed by atoms with van der Waals surface area (Å²) in [6, 6.07) is 14.5. The summed E-state index contributed by atoms with van der Waals surface area (Å²) in [6.07, 6.45) is 0.478. The molecule has 1 amide bonds. The molecule has 1 aliphatic rings. The molecule has 0 saturated heterocycles. The van der Waals surface area contributed by atoms with Gasteiger partial charge in [0.25, 0.3) is 0 Å². The smallest absolute Gasteiger partial charge is 0.226 e. The highest BCUT2D eigenvalue weighted by Gasteiger charge is 2.20. The van der Waals surface area contributed by atoms with Crippen LogP contribution in [0, 0.1) is 0 Å². The number of fused-ring (bicyclic) bond motifs is 1. The van der Waals surface area contributed by atoms with Crippen molar-refractivity contribution < 1.29 is 4.79 Å². The molecular formula is C18H21N3O. The van der Waals surface area contributed by atoms with Crippen molar-refractivity contribution in [2.75, 3.05) is 29.6 Å². The molecule has 1 heterocycles. The summed E-state index contributed by atoms with van der Waals surface area (Å²) >= 11 is 0. The average molecular weight is 295 g/mol. The second-order valence-electron chi connectivity index (χ2n) is 5.97. The summed E-state index contributed by atoms with van der Waals surface area (Å²) in [4.78, 5) is 14.0. The first-order valence-electron chi connectivity index (χ1n) is 7.52. The Bertz CT molecular complexity index is 709. The number of amides is 1. The summed E-state index contributed by atoms with van der Waals surface area (Å²) < 4.78 is 0. The van der Waals surface area contributed by atoms with Crippen LogP contribution in [0.2, 0.25) is 0 Å². The molecule has 4 nitrogen and oxygen atoms in total. The second-order valence-corrected chi connectivity index (χ2v) is 5.97. The molecule has 1 atom stereocenters. The first-order valence-corrected chi connectivity index (χ1v) is 7.52. The summed E-state index contributed by atoms with van der Waals surface area (Å²) in [5, 5.41) is 6.46. The predicted molar refractivity (Wildman–Crippen MR) is 92.5 cm³/mol. The Labute approximate surface area is 131 Å². The number of rotatable bonds is 2. The van der Waals surface area contributed by atoms with Gasteiger partial charge in [0.2, 0.25) is 5.91 Å². The molecule has 22 heavy (non-hydrogen) atoms. The molecule has 3 rings (SSSR count). The number of benzene rings is 2. The van der Waals surface area contributed by atoms with Crippen LogP contribution in [0.15, 0.2) is 42.5 Å². The van der Waals surface area contributed by atoms with Crippen LogP contribution >= 0.6 is 0 Å². The van der Waals surface area contributed by atoms with Gasteiger partial charge in [0.15, 0.2) is 0 Å². The van der Waals surface area contributed by atoms with Gasteiger partial charge in [0.1, 0.15) is 0 Å². The Morgan fingerprint density at radius 1 is 1.14 bits per heavy atom. The molecule has 0 aliphatic carbocycles. The van der Waals surface area contributed by atoms with E-state index >= 15 is 0 Å². The summed E-state index contributed by atoms with van der Waals surface area (Å²) in [5.74, 6) is 0.0537. The van der Waals surface area contributed by atoms with Crippen molar-refractivity contribution in [3.63, 3.8) is 0 Å². The summed E-state index contributed by atoms with van der Waals surface area (Å²) in [5.41, 5.74) is 5.24. The monoisotopic (exact) mass is 295 g/mol. The van der Waals surface area contributed by atoms with Gasteiger partial charge in [-0.15, -0.1) is 0 Å². The second kappa shape index (κ2) is 5.72. The maximum absolute atomic E-state index is 11.9. The highest BCUT2D eigenvalue weighted by atomic mass is 16.1. The summed E-state index contributed by atoms with van der Waals surface area (Å²) in [7, 11) is 4.07. The van der Waals surface area contributed by atoms with Gasteiger partial charge in [-0.25, -0.2) is 0 Å². The minimum Gasteiger partial charge on any atom is -0.380 e. The summed E-state index contributed by atoms with van der Waals surface area (Å²) in [6.45, 7) is 2.03. The van der Waals surface area contributed by atoms with Gasteiger partial charge in [-0.2, -0.15) is 0 Å². The van der Waals surface area contributed by atoms with E-state index in [4.69, 9.17) is 0 Å². The molecule has 0 saturated carbocycles. The van der Waals surface area contributed by atoms with E-state index in [2.05, 4.69) is 45.9 Å². The fourth-order valence-electron chi connectivity index (χ4n) is 2.78. The Morgan fingerprint density at radius 3 is 2.68 bits per heavy atom. The fraction of sp³-hybridized carbons (Fsp3) is 0.278. The highest BCUT2D eigenvalue weighted by Crippen LogP contribution is 2.37. The largest absolute Gasteiger partial charge is 0.380 e. The molecular weight excluding hydrogens is 274 g/mol. The lowest BCUT2D eigenvalue weighted by molar-refractivity contribution is -0.116. The van der Waals surface area contributed by atoms with Gasteiger partial charge in [-0.3, -0.25) is 4.79 Å². The third-order valence-electron chi connectivity index (χ3n) is 3.89. The van der Waals surface area contributed by atoms with E-state index in [0.717, 1.165) is 28.2 Å². The Hall–Kier alpha value is -2.49. The minimum atomic E-state index is 0.0537. The Balaban J connectivity index is 2.11. The third kappa shape index (κ3) is 2.77. The van der Waals surface area contributed by atoms with Crippen molar-refractivity contribution in [3.05, 3.63) is 42.5 Å². The fourth-order valence-corrected chi connectivity index (χ4v) is 2.78. The number of carbonyl (C=O) groups excluding carboxylic acids is 1. The van der Waals surface area contributed by atoms with Crippen LogP contribution < -0.4 is 15.5 Å². The van der Waals surface area contributed by atoms with Crippen LogP contribution in [0.5, 0.6) is 0 Å². The van der Waals surface area contributed by atoms with Gasteiger partial charge in [-0.05, 0) is 30.7 Å². The lowest BCUT2D eigenvalue weighted by atomic mass is 10.0. The lowest BCUT2D eigenvalue weighted by Crippen LogP contribution is -2.19. The quantitative estimate of drug-likeness (QED) is 0.890. The number of hydrogen-bond acceptors (Lipinski definition) is 3. The van der Waals surface area contributed by atoms with E-state index in [1.807, 2.05) is 33.2 Å². The van der Waals surface area contributed by atoms with E-state index in [-0.39, 0.29) is 11.9 Å². The van der Waals surface area contributed by atoms with Crippen molar-refractivity contribution in [2.24, 2.45) is 0 Å². The zero-order chi connectivity index (χ0) is 15.7. The molecule has 2 aromatic carbocycles. The maximum Gasteiger partial charge on any atom is 0.226 e. The molecule has 1 aliphatic heterocycles. The standard InChI is InChI=1S/C18H21N3O/c1-12-10-17(22)20-16-9-5-8-15(18(16)19-12)13-6-4-7-14(11-13)21(2)3/h4-9,11-12,19H,10H2,1-3H3,(H,20,22)/t12-/m1/s1. The topological polar surface area (TPSA) is 44.4 Å². The zero-order valence-electron chi connectivity index (χ0n) is 13.2. The Kier molecular flexibility index (Phi) is 3.75. The number of anilines is 3. The molecule has 2 aromatic rings. The van der Waals surface area contributed by atoms with Crippen LogP contribution in [0.3, 0.4) is 0 Å². The van der Waals surface area contributed by atoms with Gasteiger partial charge in [0.05, 0.1) is 11.4 Å². The van der Waals surface area contributed by atoms with E-state index in [0.29, 0.717) is 6.42 Å². The molecule has 4 heteroatoms. The number of para-hydroxylation sites is 1. The van der Waals surface area contributed by atoms with Crippen LogP contribution in [0.1, 0.15) is 13.3 Å². The molecule has 0 radical (unpaired) electrons. The van der Waals surface area contributed by atoms with E-state index in [1.165, 1.54) is 0 Å². The predicted octanol–water partition coefficient (Wildman–Crippen LogP) is 3.56. The zero-order valence-corrected chi connectivity index (χ0v) is 13.2. The first kappa shape index (κ1) is 14.4. The molecule has 2 N–H and O–H groups in total. The normalized spacial score (nSPS) is 17.0. The van der Waals surface area contributed by atoms with Crippen molar-refractivity contribution in [1.82, 2.24) is 0 Å². The number of hydrogen-bond donors (Lipinski definition) is 2. The number of nitrogens with zero attached hydrogens (tertiary/aromatic N) is 1. The molecule has 0 spiro atoms. The van der Waals surface area contributed by atoms with Crippen molar-refractivity contribution in [2.45, 2.75) is 19.4 Å². The van der Waals surface area contributed by atoms with Crippen LogP contribution in [0.4, 0.5) is 17.1 Å². The van der Waals surface area contributed by atoms with Crippen LogP contribution in [0.25, 0.3) is 11.1 Å². The van der Waals surface area contributed by atoms with Crippen molar-refractivity contribution in [3.8, 4) is 11.1 Å². The first-order chi connectivity index (χ1) is 10.5. The van der Waals surface area contributed by atoms with E-state index in [9.17, 15) is 4.79 Å². The average Bonchev–Trinajstić information content (AvgIpc) is 2.63. The van der Waals surface area contributed by atoms with Crippen LogP contribution in [-0.2, 0) is 4.79 Å². The van der Waals surface area contributed by atoms with Gasteiger partial charge in [0, 0.05) is 37.8 Å². The third-order valence-corrected chi connectivity index (χ3v) is 3.89. The SMILES string of the molecule is C[C@@H]1CC(=O)Nc2cccc(-c3cccc(N(C)C)c3)c2N1. The van der Waals surface area contributed by atoms with Crippen molar-refractivity contribution in [1.29, 1.82) is 0 Å². The maximum atomic E-state index is 11.9. The lowest BCUT2D eigenvalue weighted by Gasteiger charge is -2.18. The molecule has 114 valence electrons. The molecule has 0 unspecified atom stereocenters. The van der Waals surface area contributed by atoms with E-state index in [1.54, 1.807) is 0 Å². The van der Waals surface area contributed by atoms with Crippen LogP contribution in [-0.4, -0.2) is 26.0 Å². The number of carbonyl (C=O) groups is 1. The van der Waals surface area contributed by atoms with Gasteiger partial charge >= 0.3 is 0 Å². The molecule has 0 aromatic heterocycles. The highest BCUT2D eigenvalue weighted by molar-refractivity contribution is 6.00. The van der Waals surface area contributed by atoms with Crippen molar-refractivity contribution >= 4 is 23.0 Å². The van der Waals surface area contributed by atoms with Gasteiger partial charge in [-0.1, -0.05) is 24.3 Å². The molecule has 0 fully saturated rings. The van der Waals surface area contributed by atoms with E-state index < -0.39 is 0 Å².